The Balaban J connectivity index is 1.85. The second-order valence-corrected chi connectivity index (χ2v) is 12.7. The average Bonchev–Trinajstić information content (AvgIpc) is 2.86. The quantitative estimate of drug-likeness (QED) is 0.154. The van der Waals surface area contributed by atoms with Gasteiger partial charge in [0.05, 0.1) is 11.7 Å². The second kappa shape index (κ2) is 7.16. The third kappa shape index (κ3) is 3.11. The van der Waals surface area contributed by atoms with Gasteiger partial charge >= 0.3 is 0 Å². The maximum Gasteiger partial charge on any atom is 0.149 e. The molecule has 0 fully saturated rings. The van der Waals surface area contributed by atoms with Crippen LogP contribution in [0.4, 0.5) is 4.39 Å². The van der Waals surface area contributed by atoms with E-state index in [1.807, 2.05) is 0 Å². The van der Waals surface area contributed by atoms with E-state index < -0.39 is 0 Å². The van der Waals surface area contributed by atoms with Gasteiger partial charge in [-0.25, -0.2) is 4.39 Å². The van der Waals surface area contributed by atoms with E-state index in [9.17, 15) is 0 Å². The highest BCUT2D eigenvalue weighted by molar-refractivity contribution is 6.40. The van der Waals surface area contributed by atoms with E-state index in [0.717, 1.165) is 32.4 Å². The standard InChI is InChI=1S/C35H30FN/c1-34(2,3)21-11-12-23-25(15-21)27-17-22(35(4,5)6)16-26-24-13-19-9-7-8-10-20(19)14-28(24)33-32(30(26)27)31(23)29(36)18-37-33/h7-18H,1-6H3. The summed E-state index contributed by atoms with van der Waals surface area (Å²) in [7, 11) is 0. The molecule has 0 saturated carbocycles. The molecule has 1 heterocycles. The molecule has 0 unspecified atom stereocenters. The molecule has 0 radical (unpaired) electrons. The maximum absolute atomic E-state index is 15.7. The van der Waals surface area contributed by atoms with Gasteiger partial charge in [-0.3, -0.25) is 4.98 Å². The Labute approximate surface area is 216 Å². The molecule has 7 aromatic rings. The summed E-state index contributed by atoms with van der Waals surface area (Å²) in [5, 5.41) is 11.8. The molecule has 2 heteroatoms. The van der Waals surface area contributed by atoms with Crippen LogP contribution < -0.4 is 0 Å². The first kappa shape index (κ1) is 22.4. The Morgan fingerprint density at radius 2 is 1.11 bits per heavy atom. The van der Waals surface area contributed by atoms with Crippen molar-refractivity contribution >= 4 is 64.8 Å². The molecule has 0 bridgehead atoms. The first-order chi connectivity index (χ1) is 17.5. The molecule has 0 aliphatic carbocycles. The van der Waals surface area contributed by atoms with Gasteiger partial charge in [-0.15, -0.1) is 0 Å². The van der Waals surface area contributed by atoms with Gasteiger partial charge < -0.3 is 0 Å². The predicted octanol–water partition coefficient (Wildman–Crippen LogP) is 10.2. The van der Waals surface area contributed by atoms with E-state index in [2.05, 4.69) is 108 Å². The van der Waals surface area contributed by atoms with E-state index in [0.29, 0.717) is 5.39 Å². The normalized spacial score (nSPS) is 13.3. The third-order valence-corrected chi connectivity index (χ3v) is 8.16. The summed E-state index contributed by atoms with van der Waals surface area (Å²) in [6, 6.07) is 24.2. The number of hydrogen-bond acceptors (Lipinski definition) is 1. The highest BCUT2D eigenvalue weighted by Gasteiger charge is 2.24. The Morgan fingerprint density at radius 1 is 0.541 bits per heavy atom. The van der Waals surface area contributed by atoms with Crippen LogP contribution >= 0.6 is 0 Å². The Hall–Kier alpha value is -3.78. The number of fused-ring (bicyclic) bond motifs is 7. The van der Waals surface area contributed by atoms with Gasteiger partial charge in [0.15, 0.2) is 0 Å². The van der Waals surface area contributed by atoms with Crippen molar-refractivity contribution in [1.29, 1.82) is 0 Å². The molecule has 7 rings (SSSR count). The fourth-order valence-electron chi connectivity index (χ4n) is 6.08. The maximum atomic E-state index is 15.7. The van der Waals surface area contributed by atoms with Crippen LogP contribution in [0.1, 0.15) is 52.7 Å². The van der Waals surface area contributed by atoms with E-state index in [1.165, 1.54) is 44.3 Å². The van der Waals surface area contributed by atoms with Gasteiger partial charge in [-0.2, -0.15) is 0 Å². The summed E-state index contributed by atoms with van der Waals surface area (Å²) in [4.78, 5) is 4.73. The molecular formula is C35H30FN. The molecule has 1 aromatic heterocycles. The molecule has 0 spiro atoms. The fourth-order valence-corrected chi connectivity index (χ4v) is 6.08. The largest absolute Gasteiger partial charge is 0.252 e. The van der Waals surface area contributed by atoms with E-state index in [-0.39, 0.29) is 16.6 Å². The van der Waals surface area contributed by atoms with Gasteiger partial charge in [-0.05, 0) is 90.0 Å². The predicted molar refractivity (Wildman–Crippen MR) is 158 cm³/mol. The van der Waals surface area contributed by atoms with Crippen molar-refractivity contribution < 1.29 is 4.39 Å². The Bertz CT molecular complexity index is 2050. The van der Waals surface area contributed by atoms with E-state index >= 15 is 4.39 Å². The molecule has 6 aromatic carbocycles. The first-order valence-corrected chi connectivity index (χ1v) is 13.1. The minimum absolute atomic E-state index is 0.00945. The van der Waals surface area contributed by atoms with E-state index in [1.54, 1.807) is 0 Å². The van der Waals surface area contributed by atoms with Gasteiger partial charge in [0.2, 0.25) is 0 Å². The molecule has 0 aliphatic rings. The minimum Gasteiger partial charge on any atom is -0.252 e. The lowest BCUT2D eigenvalue weighted by molar-refractivity contribution is 0.590. The molecule has 0 saturated heterocycles. The average molecular weight is 484 g/mol. The van der Waals surface area contributed by atoms with Crippen molar-refractivity contribution in [3.05, 3.63) is 89.9 Å². The van der Waals surface area contributed by atoms with Crippen molar-refractivity contribution in [3.63, 3.8) is 0 Å². The van der Waals surface area contributed by atoms with E-state index in [4.69, 9.17) is 4.98 Å². The van der Waals surface area contributed by atoms with Crippen LogP contribution in [0.5, 0.6) is 0 Å². The van der Waals surface area contributed by atoms with Crippen LogP contribution in [-0.2, 0) is 10.8 Å². The molecule has 0 atom stereocenters. The van der Waals surface area contributed by atoms with Crippen molar-refractivity contribution in [3.8, 4) is 0 Å². The number of nitrogens with zero attached hydrogens (tertiary/aromatic N) is 1. The summed E-state index contributed by atoms with van der Waals surface area (Å²) < 4.78 is 15.7. The summed E-state index contributed by atoms with van der Waals surface area (Å²) in [5.41, 5.74) is 3.36. The molecule has 0 aliphatic heterocycles. The zero-order chi connectivity index (χ0) is 25.9. The molecule has 1 nitrogen and oxygen atoms in total. The van der Waals surface area contributed by atoms with Crippen LogP contribution in [0.2, 0.25) is 0 Å². The summed E-state index contributed by atoms with van der Waals surface area (Å²) >= 11 is 0. The smallest absolute Gasteiger partial charge is 0.149 e. The number of halogens is 1. The highest BCUT2D eigenvalue weighted by Crippen LogP contribution is 2.47. The SMILES string of the molecule is CC(C)(C)c1ccc2c(c1)c1cc(C(C)(C)C)cc3c4cc5ccccc5cc4c4ncc(F)c2c4c31. The second-order valence-electron chi connectivity index (χ2n) is 12.7. The molecular weight excluding hydrogens is 453 g/mol. The van der Waals surface area contributed by atoms with Crippen LogP contribution in [0.3, 0.4) is 0 Å². The lowest BCUT2D eigenvalue weighted by Gasteiger charge is -2.25. The summed E-state index contributed by atoms with van der Waals surface area (Å²) in [6.07, 6.45) is 1.41. The van der Waals surface area contributed by atoms with Crippen LogP contribution in [-0.4, -0.2) is 4.98 Å². The zero-order valence-corrected chi connectivity index (χ0v) is 22.3. The number of benzene rings is 6. The van der Waals surface area contributed by atoms with Gasteiger partial charge in [-0.1, -0.05) is 77.9 Å². The molecule has 37 heavy (non-hydrogen) atoms. The van der Waals surface area contributed by atoms with Crippen molar-refractivity contribution in [2.75, 3.05) is 0 Å². The number of pyridine rings is 1. The van der Waals surface area contributed by atoms with Gasteiger partial charge in [0, 0.05) is 21.5 Å². The van der Waals surface area contributed by atoms with Crippen LogP contribution in [0, 0.1) is 5.82 Å². The van der Waals surface area contributed by atoms with Gasteiger partial charge in [0.25, 0.3) is 0 Å². The Kier molecular flexibility index (Phi) is 4.34. The van der Waals surface area contributed by atoms with Crippen molar-refractivity contribution in [2.45, 2.75) is 52.4 Å². The Morgan fingerprint density at radius 3 is 1.73 bits per heavy atom. The van der Waals surface area contributed by atoms with Crippen LogP contribution in [0.15, 0.2) is 72.9 Å². The lowest BCUT2D eigenvalue weighted by atomic mass is 9.79. The third-order valence-electron chi connectivity index (χ3n) is 8.16. The van der Waals surface area contributed by atoms with Crippen molar-refractivity contribution in [1.82, 2.24) is 4.98 Å². The van der Waals surface area contributed by atoms with Gasteiger partial charge in [0.1, 0.15) is 5.82 Å². The number of rotatable bonds is 0. The number of aromatic nitrogens is 1. The zero-order valence-electron chi connectivity index (χ0n) is 22.3. The summed E-state index contributed by atoms with van der Waals surface area (Å²) in [6.45, 7) is 13.5. The fraction of sp³-hybridized carbons (Fsp3) is 0.229. The lowest BCUT2D eigenvalue weighted by Crippen LogP contribution is -2.12. The molecule has 0 N–H and O–H groups in total. The van der Waals surface area contributed by atoms with Crippen molar-refractivity contribution in [2.24, 2.45) is 0 Å². The monoisotopic (exact) mass is 483 g/mol. The molecule has 182 valence electrons. The highest BCUT2D eigenvalue weighted by atomic mass is 19.1. The number of hydrogen-bond donors (Lipinski definition) is 0. The van der Waals surface area contributed by atoms with Crippen LogP contribution in [0.25, 0.3) is 64.8 Å². The minimum atomic E-state index is -0.260. The topological polar surface area (TPSA) is 12.9 Å². The summed E-state index contributed by atoms with van der Waals surface area (Å²) in [5.74, 6) is -0.260. The first-order valence-electron chi connectivity index (χ1n) is 13.1. The molecule has 0 amide bonds.